The van der Waals surface area contributed by atoms with E-state index in [1.165, 1.54) is 11.8 Å². The van der Waals surface area contributed by atoms with Gasteiger partial charge in [0, 0.05) is 32.5 Å². The highest BCUT2D eigenvalue weighted by atomic mass is 32.2. The van der Waals surface area contributed by atoms with E-state index in [-0.39, 0.29) is 67.9 Å². The van der Waals surface area contributed by atoms with Crippen LogP contribution in [0.4, 0.5) is 0 Å². The Morgan fingerprint density at radius 3 is 2.19 bits per heavy atom. The molecule has 0 aromatic heterocycles. The lowest BCUT2D eigenvalue weighted by Crippen LogP contribution is -2.37. The third kappa shape index (κ3) is 17.6. The number of hydrogen-bond donors (Lipinski definition) is 6. The Morgan fingerprint density at radius 1 is 1.06 bits per heavy atom. The maximum Gasteiger partial charge on any atom is 0.242 e. The monoisotopic (exact) mass is 518 g/mol. The molecule has 31 heavy (non-hydrogen) atoms. The van der Waals surface area contributed by atoms with Crippen LogP contribution in [0.2, 0.25) is 0 Å². The van der Waals surface area contributed by atoms with Crippen molar-refractivity contribution in [1.29, 1.82) is 0 Å². The van der Waals surface area contributed by atoms with Gasteiger partial charge in [0.1, 0.15) is 0 Å². The third-order valence-corrected chi connectivity index (χ3v) is 4.43. The van der Waals surface area contributed by atoms with Crippen molar-refractivity contribution in [1.82, 2.24) is 21.1 Å². The number of nitrogens with one attached hydrogen (secondary N) is 3. The molecule has 1 aliphatic rings. The van der Waals surface area contributed by atoms with Crippen LogP contribution in [-0.4, -0.2) is 91.6 Å². The fraction of sp³-hybridized carbons (Fsp3) is 0.778. The third-order valence-electron chi connectivity index (χ3n) is 3.50. The molecule has 1 heterocycles. The van der Waals surface area contributed by atoms with Gasteiger partial charge in [-0.3, -0.25) is 29.5 Å². The maximum atomic E-state index is 11.9. The van der Waals surface area contributed by atoms with Gasteiger partial charge >= 0.3 is 0 Å². The van der Waals surface area contributed by atoms with E-state index in [0.717, 1.165) is 4.90 Å². The maximum absolute atomic E-state index is 11.9. The number of amides is 4. The smallest absolute Gasteiger partial charge is 0.242 e. The summed E-state index contributed by atoms with van der Waals surface area (Å²) in [6.07, 6.45) is 7.38. The van der Waals surface area contributed by atoms with Gasteiger partial charge < -0.3 is 10.1 Å². The molecule has 1 saturated heterocycles. The Labute approximate surface area is 207 Å². The van der Waals surface area contributed by atoms with Crippen LogP contribution in [0.5, 0.6) is 0 Å². The zero-order valence-electron chi connectivity index (χ0n) is 19.0. The lowest BCUT2D eigenvalue weighted by Gasteiger charge is -2.14. The molecule has 0 saturated carbocycles. The predicted octanol–water partition coefficient (Wildman–Crippen LogP) is 0.669. The van der Waals surface area contributed by atoms with E-state index in [1.807, 2.05) is 6.92 Å². The number of carbonyl (C=O) groups is 4. The first-order valence-corrected chi connectivity index (χ1v) is 13.5. The van der Waals surface area contributed by atoms with Crippen molar-refractivity contribution < 1.29 is 23.9 Å². The molecule has 4 amide bonds. The molecule has 0 aromatic carbocycles. The Bertz CT molecular complexity index is 502. The SMILES string of the molecule is CCNNC(=O)CCOCCNC(=O)CCN1C(=O)CC(SC)C1=O.CS.CS.CS. The lowest BCUT2D eigenvalue weighted by molar-refractivity contribution is -0.138. The van der Waals surface area contributed by atoms with Crippen molar-refractivity contribution in [2.45, 2.75) is 31.4 Å². The van der Waals surface area contributed by atoms with Crippen molar-refractivity contribution in [2.24, 2.45) is 0 Å². The van der Waals surface area contributed by atoms with Crippen molar-refractivity contribution in [3.63, 3.8) is 0 Å². The van der Waals surface area contributed by atoms with E-state index in [2.05, 4.69) is 54.1 Å². The summed E-state index contributed by atoms with van der Waals surface area (Å²) in [5, 5.41) is 2.33. The standard InChI is InChI=1S/C15H26N4O5S.3CH4S/c1-3-17-18-13(21)5-8-24-9-6-16-12(20)4-7-19-14(22)10-11(25-2)15(19)23;3*1-2/h11,17H,3-10H2,1-2H3,(H,16,20)(H,18,21);3*2H,1H3. The molecule has 1 fully saturated rings. The topological polar surface area (TPSA) is 117 Å². The zero-order valence-corrected chi connectivity index (χ0v) is 22.5. The predicted molar refractivity (Wildman–Crippen MR) is 138 cm³/mol. The first-order chi connectivity index (χ1) is 15.0. The van der Waals surface area contributed by atoms with Gasteiger partial charge in [-0.1, -0.05) is 6.92 Å². The molecule has 3 N–H and O–H groups in total. The van der Waals surface area contributed by atoms with Crippen LogP contribution in [-0.2, 0) is 23.9 Å². The van der Waals surface area contributed by atoms with Crippen LogP contribution in [0, 0.1) is 0 Å². The normalized spacial score (nSPS) is 14.3. The van der Waals surface area contributed by atoms with Crippen LogP contribution in [0.1, 0.15) is 26.2 Å². The quantitative estimate of drug-likeness (QED) is 0.0973. The number of hydrogen-bond acceptors (Lipinski definition) is 10. The molecule has 0 aromatic rings. The highest BCUT2D eigenvalue weighted by Crippen LogP contribution is 2.22. The second kappa shape index (κ2) is 25.7. The van der Waals surface area contributed by atoms with Crippen LogP contribution in [0.3, 0.4) is 0 Å². The Hall–Kier alpha value is -0.600. The van der Waals surface area contributed by atoms with Gasteiger partial charge in [-0.2, -0.15) is 49.6 Å². The van der Waals surface area contributed by atoms with Gasteiger partial charge in [0.05, 0.1) is 24.9 Å². The van der Waals surface area contributed by atoms with Crippen molar-refractivity contribution in [3.8, 4) is 0 Å². The molecule has 0 bridgehead atoms. The summed E-state index contributed by atoms with van der Waals surface area (Å²) in [5.41, 5.74) is 5.20. The fourth-order valence-electron chi connectivity index (χ4n) is 2.15. The van der Waals surface area contributed by atoms with Gasteiger partial charge in [0.25, 0.3) is 0 Å². The molecule has 1 aliphatic heterocycles. The van der Waals surface area contributed by atoms with E-state index in [4.69, 9.17) is 4.74 Å². The lowest BCUT2D eigenvalue weighted by atomic mass is 10.3. The summed E-state index contributed by atoms with van der Waals surface area (Å²) < 4.78 is 5.25. The molecule has 0 radical (unpaired) electrons. The van der Waals surface area contributed by atoms with E-state index in [0.29, 0.717) is 13.1 Å². The summed E-state index contributed by atoms with van der Waals surface area (Å²) in [6.45, 7) is 3.48. The molecule has 0 aliphatic carbocycles. The molecular weight excluding hydrogens is 480 g/mol. The van der Waals surface area contributed by atoms with Crippen LogP contribution >= 0.6 is 49.6 Å². The Balaban J connectivity index is -0.00000120. The van der Waals surface area contributed by atoms with Gasteiger partial charge in [0.2, 0.25) is 23.6 Å². The molecule has 1 unspecified atom stereocenters. The second-order valence-electron chi connectivity index (χ2n) is 5.35. The summed E-state index contributed by atoms with van der Waals surface area (Å²) in [4.78, 5) is 47.8. The number of ether oxygens (including phenoxy) is 1. The minimum absolute atomic E-state index is 0.0731. The molecule has 0 spiro atoms. The number of imide groups is 1. The Morgan fingerprint density at radius 2 is 1.68 bits per heavy atom. The minimum Gasteiger partial charge on any atom is -0.379 e. The summed E-state index contributed by atoms with van der Waals surface area (Å²) in [5.74, 6) is -0.850. The fourth-order valence-corrected chi connectivity index (χ4v) is 2.79. The van der Waals surface area contributed by atoms with Gasteiger partial charge in [0.15, 0.2) is 0 Å². The number of thioether (sulfide) groups is 1. The number of nitrogens with zero attached hydrogens (tertiary/aromatic N) is 1. The number of rotatable bonds is 12. The number of likely N-dealkylation sites (tertiary alicyclic amines) is 1. The van der Waals surface area contributed by atoms with E-state index < -0.39 is 0 Å². The largest absolute Gasteiger partial charge is 0.379 e. The zero-order chi connectivity index (χ0) is 24.7. The number of thiol groups is 3. The summed E-state index contributed by atoms with van der Waals surface area (Å²) >= 11 is 11.9. The molecular formula is C18H38N4O5S4. The van der Waals surface area contributed by atoms with E-state index >= 15 is 0 Å². The van der Waals surface area contributed by atoms with Gasteiger partial charge in [-0.05, 0) is 25.0 Å². The van der Waals surface area contributed by atoms with Crippen LogP contribution in [0.15, 0.2) is 0 Å². The van der Waals surface area contributed by atoms with E-state index in [1.54, 1.807) is 25.0 Å². The van der Waals surface area contributed by atoms with Crippen molar-refractivity contribution in [2.75, 3.05) is 57.9 Å². The second-order valence-corrected chi connectivity index (χ2v) is 6.39. The Kier molecular flexibility index (Phi) is 29.0. The van der Waals surface area contributed by atoms with Gasteiger partial charge in [-0.25, -0.2) is 5.43 Å². The summed E-state index contributed by atoms with van der Waals surface area (Å²) in [6, 6.07) is 0. The highest BCUT2D eigenvalue weighted by Gasteiger charge is 2.37. The first-order valence-electron chi connectivity index (χ1n) is 9.56. The molecule has 1 atom stereocenters. The first kappa shape index (κ1) is 35.0. The summed E-state index contributed by atoms with van der Waals surface area (Å²) in [7, 11) is 0. The number of carbonyl (C=O) groups excluding carboxylic acids is 4. The molecule has 13 heteroatoms. The van der Waals surface area contributed by atoms with Gasteiger partial charge in [-0.15, -0.1) is 0 Å². The molecule has 9 nitrogen and oxygen atoms in total. The van der Waals surface area contributed by atoms with E-state index in [9.17, 15) is 19.2 Å². The average Bonchev–Trinajstić information content (AvgIpc) is 3.09. The molecule has 1 rings (SSSR count). The highest BCUT2D eigenvalue weighted by molar-refractivity contribution is 8.00. The molecule has 184 valence electrons. The van der Waals surface area contributed by atoms with Crippen molar-refractivity contribution >= 4 is 73.3 Å². The van der Waals surface area contributed by atoms with Crippen LogP contribution in [0.25, 0.3) is 0 Å². The average molecular weight is 519 g/mol. The minimum atomic E-state index is -0.325. The van der Waals surface area contributed by atoms with Crippen LogP contribution < -0.4 is 16.2 Å². The number of hydrazine groups is 1. The van der Waals surface area contributed by atoms with Crippen molar-refractivity contribution in [3.05, 3.63) is 0 Å².